The van der Waals surface area contributed by atoms with Gasteiger partial charge in [0.1, 0.15) is 5.82 Å². The lowest BCUT2D eigenvalue weighted by Crippen LogP contribution is -2.23. The molecule has 0 radical (unpaired) electrons. The number of halogens is 2. The van der Waals surface area contributed by atoms with Gasteiger partial charge in [0.15, 0.2) is 0 Å². The Morgan fingerprint density at radius 1 is 1.32 bits per heavy atom. The van der Waals surface area contributed by atoms with E-state index in [9.17, 15) is 4.39 Å². The first kappa shape index (κ1) is 14.7. The summed E-state index contributed by atoms with van der Waals surface area (Å²) in [5, 5.41) is 3.50. The van der Waals surface area contributed by atoms with Crippen LogP contribution in [0.3, 0.4) is 0 Å². The number of benzene rings is 1. The molecule has 19 heavy (non-hydrogen) atoms. The molecule has 1 N–H and O–H groups in total. The molecule has 1 atom stereocenters. The molecule has 0 bridgehead atoms. The van der Waals surface area contributed by atoms with Gasteiger partial charge < -0.3 is 5.32 Å². The highest BCUT2D eigenvalue weighted by atomic mass is 79.9. The van der Waals surface area contributed by atoms with E-state index in [1.54, 1.807) is 17.4 Å². The molecule has 0 saturated heterocycles. The molecule has 2 aromatic rings. The highest BCUT2D eigenvalue weighted by Crippen LogP contribution is 2.33. The Bertz CT molecular complexity index is 553. The van der Waals surface area contributed by atoms with Gasteiger partial charge >= 0.3 is 0 Å². The van der Waals surface area contributed by atoms with Crippen molar-refractivity contribution in [1.82, 2.24) is 5.32 Å². The van der Waals surface area contributed by atoms with Gasteiger partial charge in [-0.05, 0) is 59.6 Å². The van der Waals surface area contributed by atoms with E-state index in [2.05, 4.69) is 47.2 Å². The fourth-order valence-corrected chi connectivity index (χ4v) is 3.47. The third-order valence-electron chi connectivity index (χ3n) is 2.94. The zero-order valence-corrected chi connectivity index (χ0v) is 13.4. The van der Waals surface area contributed by atoms with Gasteiger partial charge in [-0.25, -0.2) is 4.39 Å². The summed E-state index contributed by atoms with van der Waals surface area (Å²) >= 11 is 5.12. The summed E-state index contributed by atoms with van der Waals surface area (Å²) in [6.07, 6.45) is 1.05. The third kappa shape index (κ3) is 3.44. The molecule has 102 valence electrons. The number of hydrogen-bond acceptors (Lipinski definition) is 2. The largest absolute Gasteiger partial charge is 0.306 e. The first-order chi connectivity index (χ1) is 9.13. The lowest BCUT2D eigenvalue weighted by molar-refractivity contribution is 0.585. The van der Waals surface area contributed by atoms with E-state index in [1.807, 2.05) is 6.07 Å². The van der Waals surface area contributed by atoms with Crippen molar-refractivity contribution in [3.8, 4) is 0 Å². The molecule has 1 heterocycles. The van der Waals surface area contributed by atoms with Crippen LogP contribution in [0.1, 0.15) is 34.7 Å². The van der Waals surface area contributed by atoms with E-state index in [0.717, 1.165) is 18.5 Å². The van der Waals surface area contributed by atoms with Crippen LogP contribution in [-0.4, -0.2) is 6.54 Å². The van der Waals surface area contributed by atoms with E-state index < -0.39 is 0 Å². The lowest BCUT2D eigenvalue weighted by atomic mass is 10.0. The molecular formula is C15H17BrFNS. The van der Waals surface area contributed by atoms with Crippen molar-refractivity contribution < 1.29 is 4.39 Å². The van der Waals surface area contributed by atoms with Crippen molar-refractivity contribution in [2.45, 2.75) is 26.3 Å². The van der Waals surface area contributed by atoms with Crippen molar-refractivity contribution in [2.24, 2.45) is 0 Å². The van der Waals surface area contributed by atoms with Gasteiger partial charge in [-0.15, -0.1) is 11.3 Å². The Hall–Kier alpha value is -0.710. The quantitative estimate of drug-likeness (QED) is 0.802. The van der Waals surface area contributed by atoms with Gasteiger partial charge in [0.25, 0.3) is 0 Å². The van der Waals surface area contributed by atoms with E-state index in [0.29, 0.717) is 4.47 Å². The minimum atomic E-state index is -0.214. The second-order valence-electron chi connectivity index (χ2n) is 4.48. The van der Waals surface area contributed by atoms with Crippen LogP contribution in [0.4, 0.5) is 4.39 Å². The Kier molecular flexibility index (Phi) is 5.13. The third-order valence-corrected chi connectivity index (χ3v) is 4.84. The van der Waals surface area contributed by atoms with Crippen LogP contribution in [0.5, 0.6) is 0 Å². The maximum Gasteiger partial charge on any atom is 0.137 e. The van der Waals surface area contributed by atoms with Gasteiger partial charge in [-0.3, -0.25) is 0 Å². The molecule has 1 aromatic heterocycles. The first-order valence-electron chi connectivity index (χ1n) is 6.37. The molecule has 2 rings (SSSR count). The van der Waals surface area contributed by atoms with Crippen LogP contribution < -0.4 is 5.32 Å². The SMILES string of the molecule is CCCNC(c1ccc(C)s1)c1cccc(F)c1Br. The van der Waals surface area contributed by atoms with Gasteiger partial charge in [0.05, 0.1) is 10.5 Å². The Balaban J connectivity index is 2.39. The predicted octanol–water partition coefficient (Wildman–Crippen LogP) is 5.05. The fourth-order valence-electron chi connectivity index (χ4n) is 2.00. The summed E-state index contributed by atoms with van der Waals surface area (Å²) in [6, 6.07) is 9.47. The summed E-state index contributed by atoms with van der Waals surface area (Å²) in [4.78, 5) is 2.49. The van der Waals surface area contributed by atoms with Crippen LogP contribution in [0.15, 0.2) is 34.8 Å². The van der Waals surface area contributed by atoms with Crippen molar-refractivity contribution in [1.29, 1.82) is 0 Å². The van der Waals surface area contributed by atoms with E-state index >= 15 is 0 Å². The topological polar surface area (TPSA) is 12.0 Å². The number of nitrogens with one attached hydrogen (secondary N) is 1. The normalized spacial score (nSPS) is 12.6. The molecule has 4 heteroatoms. The van der Waals surface area contributed by atoms with Crippen LogP contribution in [0.2, 0.25) is 0 Å². The fraction of sp³-hybridized carbons (Fsp3) is 0.333. The lowest BCUT2D eigenvalue weighted by Gasteiger charge is -2.19. The van der Waals surface area contributed by atoms with Gasteiger partial charge in [-0.1, -0.05) is 19.1 Å². The maximum absolute atomic E-state index is 13.7. The smallest absolute Gasteiger partial charge is 0.137 e. The molecule has 0 saturated carbocycles. The molecule has 1 unspecified atom stereocenters. The molecule has 0 amide bonds. The number of thiophene rings is 1. The summed E-state index contributed by atoms with van der Waals surface area (Å²) in [7, 11) is 0. The number of rotatable bonds is 5. The average Bonchev–Trinajstić information content (AvgIpc) is 2.81. The first-order valence-corrected chi connectivity index (χ1v) is 7.98. The second-order valence-corrected chi connectivity index (χ2v) is 6.59. The Labute approximate surface area is 126 Å². The van der Waals surface area contributed by atoms with Crippen LogP contribution in [0.25, 0.3) is 0 Å². The summed E-state index contributed by atoms with van der Waals surface area (Å²) < 4.78 is 14.3. The number of aryl methyl sites for hydroxylation is 1. The van der Waals surface area contributed by atoms with Crippen molar-refractivity contribution in [2.75, 3.05) is 6.54 Å². The summed E-state index contributed by atoms with van der Waals surface area (Å²) in [5.74, 6) is -0.214. The molecular weight excluding hydrogens is 325 g/mol. The van der Waals surface area contributed by atoms with Gasteiger partial charge in [0.2, 0.25) is 0 Å². The van der Waals surface area contributed by atoms with E-state index in [-0.39, 0.29) is 11.9 Å². The summed E-state index contributed by atoms with van der Waals surface area (Å²) in [5.41, 5.74) is 0.954. The average molecular weight is 342 g/mol. The Morgan fingerprint density at radius 2 is 2.11 bits per heavy atom. The highest BCUT2D eigenvalue weighted by molar-refractivity contribution is 9.10. The van der Waals surface area contributed by atoms with Gasteiger partial charge in [-0.2, -0.15) is 0 Å². The van der Waals surface area contributed by atoms with Gasteiger partial charge in [0, 0.05) is 9.75 Å². The molecule has 0 aliphatic carbocycles. The maximum atomic E-state index is 13.7. The van der Waals surface area contributed by atoms with Crippen LogP contribution in [-0.2, 0) is 0 Å². The number of hydrogen-bond donors (Lipinski definition) is 1. The molecule has 1 nitrogen and oxygen atoms in total. The van der Waals surface area contributed by atoms with Crippen molar-refractivity contribution in [3.05, 3.63) is 55.9 Å². The monoisotopic (exact) mass is 341 g/mol. The standard InChI is InChI=1S/C15H17BrFNS/c1-3-9-18-15(13-8-7-10(2)19-13)11-5-4-6-12(17)14(11)16/h4-8,15,18H,3,9H2,1-2H3. The zero-order chi connectivity index (χ0) is 13.8. The van der Waals surface area contributed by atoms with E-state index in [4.69, 9.17) is 0 Å². The van der Waals surface area contributed by atoms with Crippen LogP contribution in [0, 0.1) is 12.7 Å². The zero-order valence-electron chi connectivity index (χ0n) is 11.0. The molecule has 0 fully saturated rings. The van der Waals surface area contributed by atoms with Crippen molar-refractivity contribution >= 4 is 27.3 Å². The highest BCUT2D eigenvalue weighted by Gasteiger charge is 2.19. The van der Waals surface area contributed by atoms with E-state index in [1.165, 1.54) is 15.8 Å². The van der Waals surface area contributed by atoms with Crippen LogP contribution >= 0.6 is 27.3 Å². The minimum Gasteiger partial charge on any atom is -0.306 e. The van der Waals surface area contributed by atoms with Crippen molar-refractivity contribution in [3.63, 3.8) is 0 Å². The molecule has 1 aromatic carbocycles. The predicted molar refractivity (Wildman–Crippen MR) is 83.3 cm³/mol. The molecule has 0 aliphatic rings. The molecule has 0 spiro atoms. The Morgan fingerprint density at radius 3 is 2.74 bits per heavy atom. The molecule has 0 aliphatic heterocycles. The summed E-state index contributed by atoms with van der Waals surface area (Å²) in [6.45, 7) is 5.13. The second kappa shape index (κ2) is 6.64. The minimum absolute atomic E-state index is 0.0451.